The van der Waals surface area contributed by atoms with Crippen LogP contribution < -0.4 is 0 Å². The van der Waals surface area contributed by atoms with E-state index >= 15 is 0 Å². The zero-order valence-electron chi connectivity index (χ0n) is 23.7. The molecule has 4 aromatic heterocycles. The van der Waals surface area contributed by atoms with Crippen LogP contribution in [-0.4, -0.2) is 19.1 Å². The molecule has 0 atom stereocenters. The molecule has 0 aliphatic rings. The molecule has 6 heteroatoms. The Labute approximate surface area is 271 Å². The van der Waals surface area contributed by atoms with Crippen molar-refractivity contribution >= 4 is 64.3 Å². The number of para-hydroxylation sites is 3. The van der Waals surface area contributed by atoms with Gasteiger partial charge in [0.15, 0.2) is 0 Å². The van der Waals surface area contributed by atoms with Crippen LogP contribution in [0.1, 0.15) is 11.1 Å². The quantitative estimate of drug-likeness (QED) is 0.138. The Bertz CT molecular complexity index is 2500. The van der Waals surface area contributed by atoms with E-state index in [-0.39, 0.29) is 20.4 Å². The molecule has 0 radical (unpaired) electrons. The SMILES string of the molecule is Cn1c(-c2[c-]c(Cc3[c-]c4c(c5ccccc5n4-c4ccccn4)c4c3sc3ccccc34)ccc2)nc2ccccc21.[Pd+2]. The molecule has 4 nitrogen and oxygen atoms in total. The van der Waals surface area contributed by atoms with Crippen molar-refractivity contribution < 1.29 is 20.4 Å². The number of aromatic nitrogens is 4. The Morgan fingerprint density at radius 1 is 0.727 bits per heavy atom. The van der Waals surface area contributed by atoms with E-state index in [0.29, 0.717) is 6.42 Å². The number of imidazole rings is 1. The predicted octanol–water partition coefficient (Wildman–Crippen LogP) is 9.29. The first-order chi connectivity index (χ1) is 21.2. The van der Waals surface area contributed by atoms with E-state index in [1.807, 2.05) is 35.7 Å². The monoisotopic (exact) mass is 674 g/mol. The van der Waals surface area contributed by atoms with Crippen LogP contribution in [0.15, 0.2) is 115 Å². The predicted molar refractivity (Wildman–Crippen MR) is 178 cm³/mol. The van der Waals surface area contributed by atoms with Crippen molar-refractivity contribution in [3.63, 3.8) is 0 Å². The van der Waals surface area contributed by atoms with E-state index in [9.17, 15) is 0 Å². The number of nitrogens with zero attached hydrogens (tertiary/aromatic N) is 4. The molecule has 4 heterocycles. The number of benzene rings is 5. The van der Waals surface area contributed by atoms with E-state index in [0.717, 1.165) is 44.8 Å². The zero-order valence-corrected chi connectivity index (χ0v) is 26.1. The molecule has 44 heavy (non-hydrogen) atoms. The van der Waals surface area contributed by atoms with Crippen molar-refractivity contribution in [3.05, 3.63) is 139 Å². The fourth-order valence-corrected chi connectivity index (χ4v) is 7.70. The second kappa shape index (κ2) is 10.5. The average molecular weight is 675 g/mol. The molecule has 0 spiro atoms. The van der Waals surface area contributed by atoms with Gasteiger partial charge in [-0.15, -0.1) is 41.0 Å². The Balaban J connectivity index is 0.00000289. The van der Waals surface area contributed by atoms with E-state index in [1.54, 1.807) is 0 Å². The molecule has 9 aromatic rings. The molecule has 0 fully saturated rings. The van der Waals surface area contributed by atoms with E-state index in [2.05, 4.69) is 119 Å². The van der Waals surface area contributed by atoms with Gasteiger partial charge in [-0.2, -0.15) is 6.07 Å². The number of hydrogen-bond acceptors (Lipinski definition) is 3. The van der Waals surface area contributed by atoms with Crippen LogP contribution in [0, 0.1) is 12.1 Å². The van der Waals surface area contributed by atoms with Gasteiger partial charge in [-0.25, -0.2) is 16.3 Å². The number of hydrogen-bond donors (Lipinski definition) is 0. The van der Waals surface area contributed by atoms with Gasteiger partial charge >= 0.3 is 20.4 Å². The molecule has 0 aliphatic carbocycles. The number of pyridine rings is 1. The fraction of sp³-hybridized carbons (Fsp3) is 0.0526. The summed E-state index contributed by atoms with van der Waals surface area (Å²) in [5.74, 6) is 1.81. The molecule has 9 rings (SSSR count). The summed E-state index contributed by atoms with van der Waals surface area (Å²) >= 11 is 1.86. The number of thiophene rings is 1. The van der Waals surface area contributed by atoms with Gasteiger partial charge < -0.3 is 9.13 Å². The molecular formula is C38H24N4PdS. The van der Waals surface area contributed by atoms with Gasteiger partial charge in [-0.1, -0.05) is 75.6 Å². The molecule has 5 aromatic carbocycles. The minimum absolute atomic E-state index is 0. The summed E-state index contributed by atoms with van der Waals surface area (Å²) in [5.41, 5.74) is 7.57. The third-order valence-corrected chi connectivity index (χ3v) is 9.62. The van der Waals surface area contributed by atoms with Gasteiger partial charge in [0.25, 0.3) is 0 Å². The number of rotatable bonds is 4. The second-order valence-corrected chi connectivity index (χ2v) is 12.0. The maximum absolute atomic E-state index is 4.94. The van der Waals surface area contributed by atoms with Gasteiger partial charge in [0, 0.05) is 23.5 Å². The Morgan fingerprint density at radius 3 is 2.34 bits per heavy atom. The summed E-state index contributed by atoms with van der Waals surface area (Å²) in [5, 5.41) is 5.02. The Hall–Kier alpha value is -4.60. The normalized spacial score (nSPS) is 11.7. The number of fused-ring (bicyclic) bond motifs is 8. The van der Waals surface area contributed by atoms with Crippen LogP contribution in [-0.2, 0) is 33.9 Å². The van der Waals surface area contributed by atoms with Crippen LogP contribution in [0.25, 0.3) is 70.2 Å². The van der Waals surface area contributed by atoms with Gasteiger partial charge in [0.05, 0.1) is 16.9 Å². The van der Waals surface area contributed by atoms with Crippen molar-refractivity contribution in [2.24, 2.45) is 7.05 Å². The smallest absolute Gasteiger partial charge is 0.367 e. The standard InChI is InChI=1S/C38H24N4S.Pd/c1-41-31-17-6-4-15-29(31)40-38(41)25-12-10-11-24(21-25)22-26-23-32-35(36-28-14-3-7-18-33(28)43-37(26)36)27-13-2-5-16-30(27)42(32)34-19-8-9-20-39-34;/h2-20H,22H2,1H3;/q-2;+2. The van der Waals surface area contributed by atoms with Crippen molar-refractivity contribution in [3.8, 4) is 17.2 Å². The van der Waals surface area contributed by atoms with Crippen LogP contribution >= 0.6 is 11.3 Å². The van der Waals surface area contributed by atoms with Crippen molar-refractivity contribution in [2.45, 2.75) is 6.42 Å². The van der Waals surface area contributed by atoms with Crippen LogP contribution in [0.2, 0.25) is 0 Å². The van der Waals surface area contributed by atoms with Crippen molar-refractivity contribution in [1.82, 2.24) is 19.1 Å². The third kappa shape index (κ3) is 4.07. The maximum atomic E-state index is 4.94. The third-order valence-electron chi connectivity index (χ3n) is 8.39. The molecule has 0 amide bonds. The van der Waals surface area contributed by atoms with Gasteiger partial charge in [0.2, 0.25) is 0 Å². The summed E-state index contributed by atoms with van der Waals surface area (Å²) in [6.07, 6.45) is 2.57. The molecule has 0 bridgehead atoms. The van der Waals surface area contributed by atoms with Crippen molar-refractivity contribution in [1.29, 1.82) is 0 Å². The maximum Gasteiger partial charge on any atom is 2.00 e. The first-order valence-electron chi connectivity index (χ1n) is 14.4. The molecule has 212 valence electrons. The van der Waals surface area contributed by atoms with Crippen LogP contribution in [0.4, 0.5) is 0 Å². The molecular weight excluding hydrogens is 651 g/mol. The van der Waals surface area contributed by atoms with Gasteiger partial charge in [-0.05, 0) is 53.6 Å². The van der Waals surface area contributed by atoms with E-state index in [4.69, 9.17) is 9.97 Å². The zero-order chi connectivity index (χ0) is 28.5. The fourth-order valence-electron chi connectivity index (χ4n) is 6.49. The van der Waals surface area contributed by atoms with E-state index in [1.165, 1.54) is 36.5 Å². The molecule has 0 saturated carbocycles. The minimum atomic E-state index is 0. The summed E-state index contributed by atoms with van der Waals surface area (Å²) in [4.78, 5) is 9.70. The summed E-state index contributed by atoms with van der Waals surface area (Å²) in [6, 6.07) is 45.8. The summed E-state index contributed by atoms with van der Waals surface area (Å²) < 4.78 is 6.98. The first-order valence-corrected chi connectivity index (χ1v) is 15.2. The molecule has 0 aliphatic heterocycles. The van der Waals surface area contributed by atoms with Crippen molar-refractivity contribution in [2.75, 3.05) is 0 Å². The van der Waals surface area contributed by atoms with Crippen LogP contribution in [0.5, 0.6) is 0 Å². The Morgan fingerprint density at radius 2 is 1.50 bits per heavy atom. The van der Waals surface area contributed by atoms with Gasteiger partial charge in [0.1, 0.15) is 5.82 Å². The van der Waals surface area contributed by atoms with Crippen LogP contribution in [0.3, 0.4) is 0 Å². The summed E-state index contributed by atoms with van der Waals surface area (Å²) in [7, 11) is 2.07. The number of aryl methyl sites for hydroxylation is 1. The summed E-state index contributed by atoms with van der Waals surface area (Å²) in [6.45, 7) is 0. The topological polar surface area (TPSA) is 35.6 Å². The molecule has 0 N–H and O–H groups in total. The van der Waals surface area contributed by atoms with E-state index < -0.39 is 0 Å². The first kappa shape index (κ1) is 27.0. The largest absolute Gasteiger partial charge is 2.00 e. The van der Waals surface area contributed by atoms with Gasteiger partial charge in [-0.3, -0.25) is 4.98 Å². The Kier molecular flexibility index (Phi) is 6.46. The second-order valence-electron chi connectivity index (χ2n) is 10.9. The molecule has 0 saturated heterocycles. The minimum Gasteiger partial charge on any atom is -0.367 e. The average Bonchev–Trinajstić information content (AvgIpc) is 3.71. The molecule has 0 unspecified atom stereocenters.